The van der Waals surface area contributed by atoms with E-state index in [2.05, 4.69) is 4.72 Å². The third kappa shape index (κ3) is 6.08. The molecule has 0 heterocycles. The summed E-state index contributed by atoms with van der Waals surface area (Å²) in [6.45, 7) is 2.17. The van der Waals surface area contributed by atoms with Crippen LogP contribution in [-0.4, -0.2) is 34.0 Å². The molecule has 134 valence electrons. The van der Waals surface area contributed by atoms with Crippen LogP contribution in [0.25, 0.3) is 6.08 Å². The van der Waals surface area contributed by atoms with Crippen molar-refractivity contribution in [2.45, 2.75) is 13.0 Å². The van der Waals surface area contributed by atoms with Crippen LogP contribution in [0.5, 0.6) is 0 Å². The second kappa shape index (κ2) is 8.38. The van der Waals surface area contributed by atoms with Gasteiger partial charge in [-0.1, -0.05) is 42.0 Å². The van der Waals surface area contributed by atoms with Crippen molar-refractivity contribution >= 4 is 16.1 Å². The highest BCUT2D eigenvalue weighted by atomic mass is 32.2. The second-order valence-corrected chi connectivity index (χ2v) is 7.79. The maximum Gasteiger partial charge on any atom is 0.233 e. The Hall–Kier alpha value is -2.02. The minimum atomic E-state index is -3.57. The number of likely N-dealkylation sites (N-methyl/N-ethyl adjacent to an activating group) is 1. The van der Waals surface area contributed by atoms with Gasteiger partial charge in [-0.2, -0.15) is 0 Å². The molecule has 1 N–H and O–H groups in total. The first-order valence-electron chi connectivity index (χ1n) is 7.93. The molecule has 1 atom stereocenters. The predicted octanol–water partition coefficient (Wildman–Crippen LogP) is 3.33. The quantitative estimate of drug-likeness (QED) is 0.822. The van der Waals surface area contributed by atoms with Crippen LogP contribution in [0.15, 0.2) is 53.9 Å². The van der Waals surface area contributed by atoms with E-state index in [0.29, 0.717) is 0 Å². The van der Waals surface area contributed by atoms with E-state index in [-0.39, 0.29) is 18.4 Å². The van der Waals surface area contributed by atoms with E-state index in [0.717, 1.165) is 22.1 Å². The summed E-state index contributed by atoms with van der Waals surface area (Å²) in [7, 11) is 0.137. The maximum absolute atomic E-state index is 13.1. The Labute approximate surface area is 149 Å². The van der Waals surface area contributed by atoms with Gasteiger partial charge in [-0.05, 0) is 50.4 Å². The number of nitrogens with one attached hydrogen (secondary N) is 1. The molecule has 0 spiro atoms. The summed E-state index contributed by atoms with van der Waals surface area (Å²) in [6, 6.07) is 13.5. The maximum atomic E-state index is 13.1. The van der Waals surface area contributed by atoms with Gasteiger partial charge >= 0.3 is 0 Å². The van der Waals surface area contributed by atoms with Gasteiger partial charge in [0.25, 0.3) is 0 Å². The zero-order valence-electron chi connectivity index (χ0n) is 14.6. The predicted molar refractivity (Wildman–Crippen MR) is 100.0 cm³/mol. The highest BCUT2D eigenvalue weighted by Gasteiger charge is 2.16. The Morgan fingerprint density at radius 2 is 1.68 bits per heavy atom. The van der Waals surface area contributed by atoms with Crippen molar-refractivity contribution < 1.29 is 12.8 Å². The molecule has 0 bridgehead atoms. The molecule has 0 aliphatic rings. The van der Waals surface area contributed by atoms with Gasteiger partial charge in [0.1, 0.15) is 5.82 Å². The molecule has 0 saturated carbocycles. The molecular formula is C19H23FN2O2S. The van der Waals surface area contributed by atoms with Crippen LogP contribution < -0.4 is 4.72 Å². The van der Waals surface area contributed by atoms with Crippen molar-refractivity contribution in [3.63, 3.8) is 0 Å². The molecule has 0 saturated heterocycles. The average molecular weight is 362 g/mol. The third-order valence-corrected chi connectivity index (χ3v) is 4.94. The molecule has 0 unspecified atom stereocenters. The topological polar surface area (TPSA) is 49.4 Å². The first kappa shape index (κ1) is 19.3. The molecule has 0 radical (unpaired) electrons. The second-order valence-electron chi connectivity index (χ2n) is 6.14. The van der Waals surface area contributed by atoms with Gasteiger partial charge in [0.05, 0.1) is 0 Å². The molecule has 0 amide bonds. The largest absolute Gasteiger partial charge is 0.301 e. The molecule has 2 aromatic rings. The van der Waals surface area contributed by atoms with E-state index < -0.39 is 10.0 Å². The fourth-order valence-electron chi connectivity index (χ4n) is 2.37. The van der Waals surface area contributed by atoms with E-state index >= 15 is 0 Å². The Kier molecular flexibility index (Phi) is 6.47. The minimum absolute atomic E-state index is 0.192. The van der Waals surface area contributed by atoms with Crippen LogP contribution in [0.1, 0.15) is 22.7 Å². The number of nitrogens with zero attached hydrogens (tertiary/aromatic N) is 1. The van der Waals surface area contributed by atoms with E-state index in [1.54, 1.807) is 18.2 Å². The lowest BCUT2D eigenvalue weighted by molar-refractivity contribution is 0.299. The van der Waals surface area contributed by atoms with Crippen LogP contribution >= 0.6 is 0 Å². The summed E-state index contributed by atoms with van der Waals surface area (Å²) in [5, 5.41) is 1.16. The molecule has 0 aliphatic carbocycles. The van der Waals surface area contributed by atoms with Gasteiger partial charge in [-0.15, -0.1) is 0 Å². The van der Waals surface area contributed by atoms with Gasteiger partial charge in [0.15, 0.2) is 0 Å². The van der Waals surface area contributed by atoms with Crippen LogP contribution in [0.4, 0.5) is 4.39 Å². The van der Waals surface area contributed by atoms with Crippen LogP contribution in [0.3, 0.4) is 0 Å². The number of aryl methyl sites for hydroxylation is 1. The van der Waals surface area contributed by atoms with Gasteiger partial charge < -0.3 is 4.90 Å². The average Bonchev–Trinajstić information content (AvgIpc) is 2.56. The lowest BCUT2D eigenvalue weighted by Gasteiger charge is -2.24. The zero-order valence-corrected chi connectivity index (χ0v) is 15.4. The molecule has 0 aliphatic heterocycles. The van der Waals surface area contributed by atoms with Crippen molar-refractivity contribution in [2.24, 2.45) is 0 Å². The summed E-state index contributed by atoms with van der Waals surface area (Å²) < 4.78 is 40.1. The number of halogens is 1. The molecule has 0 fully saturated rings. The highest BCUT2D eigenvalue weighted by Crippen LogP contribution is 2.18. The van der Waals surface area contributed by atoms with Crippen molar-refractivity contribution in [3.8, 4) is 0 Å². The number of sulfonamides is 1. The summed E-state index contributed by atoms with van der Waals surface area (Å²) in [4.78, 5) is 1.89. The molecule has 2 rings (SSSR count). The van der Waals surface area contributed by atoms with Crippen molar-refractivity contribution in [1.82, 2.24) is 9.62 Å². The van der Waals surface area contributed by atoms with E-state index in [1.165, 1.54) is 12.1 Å². The molecular weight excluding hydrogens is 339 g/mol. The summed E-state index contributed by atoms with van der Waals surface area (Å²) in [6.07, 6.45) is 1.56. The van der Waals surface area contributed by atoms with E-state index in [4.69, 9.17) is 0 Å². The minimum Gasteiger partial charge on any atom is -0.301 e. The fourth-order valence-corrected chi connectivity index (χ4v) is 3.20. The van der Waals surface area contributed by atoms with E-state index in [9.17, 15) is 12.8 Å². The van der Waals surface area contributed by atoms with Gasteiger partial charge in [-0.3, -0.25) is 0 Å². The van der Waals surface area contributed by atoms with Gasteiger partial charge in [0, 0.05) is 18.0 Å². The molecule has 25 heavy (non-hydrogen) atoms. The van der Waals surface area contributed by atoms with Gasteiger partial charge in [-0.25, -0.2) is 17.5 Å². The monoisotopic (exact) mass is 362 g/mol. The highest BCUT2D eigenvalue weighted by molar-refractivity contribution is 7.92. The Balaban J connectivity index is 2.05. The Morgan fingerprint density at radius 3 is 2.24 bits per heavy atom. The van der Waals surface area contributed by atoms with Crippen LogP contribution in [0.2, 0.25) is 0 Å². The number of hydrogen-bond acceptors (Lipinski definition) is 3. The third-order valence-electron chi connectivity index (χ3n) is 3.87. The van der Waals surface area contributed by atoms with Crippen LogP contribution in [0, 0.1) is 12.7 Å². The fraction of sp³-hybridized carbons (Fsp3) is 0.263. The smallest absolute Gasteiger partial charge is 0.233 e. The zero-order chi connectivity index (χ0) is 18.4. The molecule has 6 heteroatoms. The first-order valence-corrected chi connectivity index (χ1v) is 9.48. The summed E-state index contributed by atoms with van der Waals surface area (Å²) in [5.41, 5.74) is 2.78. The lowest BCUT2D eigenvalue weighted by Crippen LogP contribution is -2.33. The SMILES string of the molecule is Cc1ccc(/C=C\S(=O)(=O)NC[C@H](c2ccc(F)cc2)N(C)C)cc1. The molecule has 0 aromatic heterocycles. The van der Waals surface area contributed by atoms with E-state index in [1.807, 2.05) is 50.2 Å². The number of hydrogen-bond donors (Lipinski definition) is 1. The Morgan fingerprint density at radius 1 is 1.08 bits per heavy atom. The van der Waals surface area contributed by atoms with Crippen molar-refractivity contribution in [1.29, 1.82) is 0 Å². The summed E-state index contributed by atoms with van der Waals surface area (Å²) in [5.74, 6) is -0.317. The van der Waals surface area contributed by atoms with Gasteiger partial charge in [0.2, 0.25) is 10.0 Å². The Bertz CT molecular complexity index is 814. The van der Waals surface area contributed by atoms with Crippen LogP contribution in [-0.2, 0) is 10.0 Å². The van der Waals surface area contributed by atoms with Crippen molar-refractivity contribution in [2.75, 3.05) is 20.6 Å². The lowest BCUT2D eigenvalue weighted by atomic mass is 10.1. The number of benzene rings is 2. The molecule has 2 aromatic carbocycles. The normalized spacial score (nSPS) is 13.5. The number of rotatable bonds is 7. The summed E-state index contributed by atoms with van der Waals surface area (Å²) >= 11 is 0. The standard InChI is InChI=1S/C19H23FN2O2S/c1-15-4-6-16(7-5-15)12-13-25(23,24)21-14-19(22(2)3)17-8-10-18(20)11-9-17/h4-13,19,21H,14H2,1-3H3/b13-12-/t19-/m1/s1. The molecule has 4 nitrogen and oxygen atoms in total. The first-order chi connectivity index (χ1) is 11.8. The van der Waals surface area contributed by atoms with Crippen molar-refractivity contribution in [3.05, 3.63) is 76.4 Å².